The number of morpholine rings is 1. The van der Waals surface area contributed by atoms with Gasteiger partial charge in [-0.25, -0.2) is 0 Å². The molecule has 18 heavy (non-hydrogen) atoms. The maximum atomic E-state index is 6.15. The number of hydrogen-bond acceptors (Lipinski definition) is 4. The minimum Gasteiger partial charge on any atom is -0.497 e. The van der Waals surface area contributed by atoms with Crippen molar-refractivity contribution >= 4 is 17.3 Å². The second-order valence-corrected chi connectivity index (χ2v) is 4.63. The highest BCUT2D eigenvalue weighted by molar-refractivity contribution is 6.33. The molecule has 0 aromatic heterocycles. The molecular formula is C13H19ClN2O2. The van der Waals surface area contributed by atoms with E-state index in [1.807, 2.05) is 18.2 Å². The van der Waals surface area contributed by atoms with Crippen molar-refractivity contribution in [1.29, 1.82) is 0 Å². The van der Waals surface area contributed by atoms with Gasteiger partial charge in [0.1, 0.15) is 5.75 Å². The van der Waals surface area contributed by atoms with Gasteiger partial charge in [-0.2, -0.15) is 0 Å². The first kappa shape index (κ1) is 13.5. The molecule has 0 amide bonds. The zero-order valence-electron chi connectivity index (χ0n) is 10.6. The number of benzene rings is 1. The Bertz CT molecular complexity index is 381. The second kappa shape index (κ2) is 6.83. The Labute approximate surface area is 113 Å². The van der Waals surface area contributed by atoms with Gasteiger partial charge >= 0.3 is 0 Å². The lowest BCUT2D eigenvalue weighted by Gasteiger charge is -2.26. The third-order valence-corrected chi connectivity index (χ3v) is 3.34. The van der Waals surface area contributed by atoms with E-state index in [2.05, 4.69) is 10.2 Å². The van der Waals surface area contributed by atoms with Crippen molar-refractivity contribution in [3.05, 3.63) is 23.2 Å². The smallest absolute Gasteiger partial charge is 0.120 e. The summed E-state index contributed by atoms with van der Waals surface area (Å²) in [5, 5.41) is 4.03. The monoisotopic (exact) mass is 270 g/mol. The summed E-state index contributed by atoms with van der Waals surface area (Å²) in [5.74, 6) is 0.777. The van der Waals surface area contributed by atoms with Crippen LogP contribution in [0.1, 0.15) is 0 Å². The van der Waals surface area contributed by atoms with Gasteiger partial charge in [0.25, 0.3) is 0 Å². The lowest BCUT2D eigenvalue weighted by molar-refractivity contribution is 0.0398. The molecule has 1 aromatic rings. The van der Waals surface area contributed by atoms with Crippen LogP contribution in [0.2, 0.25) is 5.02 Å². The zero-order valence-corrected chi connectivity index (χ0v) is 11.4. The summed E-state index contributed by atoms with van der Waals surface area (Å²) >= 11 is 6.15. The molecule has 5 heteroatoms. The van der Waals surface area contributed by atoms with Crippen molar-refractivity contribution in [2.45, 2.75) is 0 Å². The van der Waals surface area contributed by atoms with Gasteiger partial charge in [0.15, 0.2) is 0 Å². The van der Waals surface area contributed by atoms with Gasteiger partial charge in [-0.1, -0.05) is 11.6 Å². The summed E-state index contributed by atoms with van der Waals surface area (Å²) in [6, 6.07) is 5.67. The van der Waals surface area contributed by atoms with E-state index < -0.39 is 0 Å². The SMILES string of the molecule is COc1ccc(NCCN2CCOCC2)c(Cl)c1. The Hall–Kier alpha value is -0.970. The second-order valence-electron chi connectivity index (χ2n) is 4.23. The molecule has 1 heterocycles. The van der Waals surface area contributed by atoms with E-state index in [4.69, 9.17) is 21.1 Å². The summed E-state index contributed by atoms with van der Waals surface area (Å²) in [5.41, 5.74) is 0.950. The molecule has 1 aliphatic rings. The Morgan fingerprint density at radius 1 is 1.39 bits per heavy atom. The molecular weight excluding hydrogens is 252 g/mol. The lowest BCUT2D eigenvalue weighted by atomic mass is 10.3. The molecule has 2 rings (SSSR count). The van der Waals surface area contributed by atoms with E-state index in [1.54, 1.807) is 7.11 Å². The van der Waals surface area contributed by atoms with Crippen LogP contribution in [0.25, 0.3) is 0 Å². The van der Waals surface area contributed by atoms with Gasteiger partial charge in [-0.3, -0.25) is 4.90 Å². The molecule has 1 N–H and O–H groups in total. The number of ether oxygens (including phenoxy) is 2. The molecule has 1 fully saturated rings. The first-order chi connectivity index (χ1) is 8.79. The van der Waals surface area contributed by atoms with Gasteiger partial charge in [0.2, 0.25) is 0 Å². The predicted molar refractivity (Wildman–Crippen MR) is 73.8 cm³/mol. The Morgan fingerprint density at radius 2 is 2.17 bits per heavy atom. The standard InChI is InChI=1S/C13H19ClN2O2/c1-17-11-2-3-13(12(14)10-11)15-4-5-16-6-8-18-9-7-16/h2-3,10,15H,4-9H2,1H3. The molecule has 0 aliphatic carbocycles. The highest BCUT2D eigenvalue weighted by atomic mass is 35.5. The Kier molecular flexibility index (Phi) is 5.11. The highest BCUT2D eigenvalue weighted by Crippen LogP contribution is 2.26. The van der Waals surface area contributed by atoms with Crippen LogP contribution in [0.5, 0.6) is 5.75 Å². The number of rotatable bonds is 5. The number of nitrogens with zero attached hydrogens (tertiary/aromatic N) is 1. The van der Waals surface area contributed by atoms with Crippen molar-refractivity contribution in [1.82, 2.24) is 4.90 Å². The number of nitrogens with one attached hydrogen (secondary N) is 1. The van der Waals surface area contributed by atoms with Crippen LogP contribution in [0.4, 0.5) is 5.69 Å². The summed E-state index contributed by atoms with van der Waals surface area (Å²) in [6.45, 7) is 5.58. The third-order valence-electron chi connectivity index (χ3n) is 3.02. The van der Waals surface area contributed by atoms with E-state index in [1.165, 1.54) is 0 Å². The Morgan fingerprint density at radius 3 is 2.83 bits per heavy atom. The van der Waals surface area contributed by atoms with Gasteiger partial charge in [-0.15, -0.1) is 0 Å². The van der Waals surface area contributed by atoms with Crippen molar-refractivity contribution in [3.63, 3.8) is 0 Å². The lowest BCUT2D eigenvalue weighted by Crippen LogP contribution is -2.39. The highest BCUT2D eigenvalue weighted by Gasteiger charge is 2.09. The average Bonchev–Trinajstić information content (AvgIpc) is 2.42. The topological polar surface area (TPSA) is 33.7 Å². The van der Waals surface area contributed by atoms with Gasteiger partial charge in [0.05, 0.1) is 31.0 Å². The minimum atomic E-state index is 0.691. The molecule has 0 saturated carbocycles. The van der Waals surface area contributed by atoms with Crippen LogP contribution in [0.3, 0.4) is 0 Å². The largest absolute Gasteiger partial charge is 0.497 e. The van der Waals surface area contributed by atoms with Crippen molar-refractivity contribution in [3.8, 4) is 5.75 Å². The summed E-state index contributed by atoms with van der Waals surface area (Å²) in [4.78, 5) is 2.38. The maximum absolute atomic E-state index is 6.15. The number of anilines is 1. The quantitative estimate of drug-likeness (QED) is 0.888. The molecule has 0 radical (unpaired) electrons. The van der Waals surface area contributed by atoms with Gasteiger partial charge in [0, 0.05) is 32.2 Å². The van der Waals surface area contributed by atoms with E-state index in [0.717, 1.165) is 50.8 Å². The van der Waals surface area contributed by atoms with Crippen LogP contribution in [0.15, 0.2) is 18.2 Å². The molecule has 0 bridgehead atoms. The van der Waals surface area contributed by atoms with E-state index in [9.17, 15) is 0 Å². The summed E-state index contributed by atoms with van der Waals surface area (Å²) in [7, 11) is 1.64. The molecule has 0 atom stereocenters. The first-order valence-electron chi connectivity index (χ1n) is 6.17. The fourth-order valence-electron chi connectivity index (χ4n) is 1.94. The minimum absolute atomic E-state index is 0.691. The normalized spacial score (nSPS) is 16.6. The molecule has 1 aromatic carbocycles. The van der Waals surface area contributed by atoms with Crippen molar-refractivity contribution in [2.75, 3.05) is 51.8 Å². The van der Waals surface area contributed by atoms with E-state index >= 15 is 0 Å². The van der Waals surface area contributed by atoms with Crippen molar-refractivity contribution < 1.29 is 9.47 Å². The molecule has 100 valence electrons. The van der Waals surface area contributed by atoms with Crippen LogP contribution in [-0.4, -0.2) is 51.4 Å². The molecule has 0 spiro atoms. The number of hydrogen-bond donors (Lipinski definition) is 1. The predicted octanol–water partition coefficient (Wildman–Crippen LogP) is 2.09. The first-order valence-corrected chi connectivity index (χ1v) is 6.55. The fraction of sp³-hybridized carbons (Fsp3) is 0.538. The Balaban J connectivity index is 1.79. The maximum Gasteiger partial charge on any atom is 0.120 e. The third kappa shape index (κ3) is 3.77. The molecule has 0 unspecified atom stereocenters. The number of halogens is 1. The molecule has 1 saturated heterocycles. The average molecular weight is 271 g/mol. The van der Waals surface area contributed by atoms with Crippen molar-refractivity contribution in [2.24, 2.45) is 0 Å². The van der Waals surface area contributed by atoms with Crippen LogP contribution < -0.4 is 10.1 Å². The van der Waals surface area contributed by atoms with E-state index in [-0.39, 0.29) is 0 Å². The van der Waals surface area contributed by atoms with Gasteiger partial charge < -0.3 is 14.8 Å². The fourth-order valence-corrected chi connectivity index (χ4v) is 2.18. The zero-order chi connectivity index (χ0) is 12.8. The molecule has 1 aliphatic heterocycles. The van der Waals surface area contributed by atoms with Crippen LogP contribution in [0, 0.1) is 0 Å². The summed E-state index contributed by atoms with van der Waals surface area (Å²) in [6.07, 6.45) is 0. The van der Waals surface area contributed by atoms with Crippen LogP contribution in [-0.2, 0) is 4.74 Å². The van der Waals surface area contributed by atoms with Crippen LogP contribution >= 0.6 is 11.6 Å². The number of methoxy groups -OCH3 is 1. The van der Waals surface area contributed by atoms with Gasteiger partial charge in [-0.05, 0) is 12.1 Å². The van der Waals surface area contributed by atoms with E-state index in [0.29, 0.717) is 5.02 Å². The summed E-state index contributed by atoms with van der Waals surface area (Å²) < 4.78 is 10.4. The molecule has 4 nitrogen and oxygen atoms in total.